The number of aryl methyl sites for hydroxylation is 1. The van der Waals surface area contributed by atoms with Crippen LogP contribution in [0.2, 0.25) is 0 Å². The second kappa shape index (κ2) is 5.46. The van der Waals surface area contributed by atoms with Crippen LogP contribution in [-0.2, 0) is 0 Å². The van der Waals surface area contributed by atoms with Crippen molar-refractivity contribution in [2.45, 2.75) is 6.92 Å². The number of amides is 1. The highest BCUT2D eigenvalue weighted by Crippen LogP contribution is 2.29. The first kappa shape index (κ1) is 14.0. The molecule has 1 aromatic heterocycles. The number of hydrogen-bond donors (Lipinski definition) is 2. The first-order valence-electron chi connectivity index (χ1n) is 6.20. The number of carbonyl (C=O) groups excluding carboxylic acids is 1. The van der Waals surface area contributed by atoms with Crippen molar-refractivity contribution < 1.29 is 9.90 Å². The third-order valence-corrected chi connectivity index (χ3v) is 4.40. The van der Waals surface area contributed by atoms with Crippen LogP contribution in [0.15, 0.2) is 40.9 Å². The first-order chi connectivity index (χ1) is 10.0. The lowest BCUT2D eigenvalue weighted by atomic mass is 10.1. The van der Waals surface area contributed by atoms with Crippen LogP contribution in [0.3, 0.4) is 0 Å². The molecule has 0 aliphatic carbocycles. The summed E-state index contributed by atoms with van der Waals surface area (Å²) in [5.74, 6) is -0.401. The maximum atomic E-state index is 12.2. The molecule has 21 heavy (non-hydrogen) atoms. The molecule has 2 aromatic carbocycles. The maximum absolute atomic E-state index is 12.2. The predicted octanol–water partition coefficient (Wildman–Crippen LogP) is 4.33. The van der Waals surface area contributed by atoms with Gasteiger partial charge in [0, 0.05) is 4.47 Å². The van der Waals surface area contributed by atoms with Crippen molar-refractivity contribution in [3.8, 4) is 5.75 Å². The van der Waals surface area contributed by atoms with Crippen LogP contribution in [-0.4, -0.2) is 16.0 Å². The molecule has 3 aromatic rings. The van der Waals surface area contributed by atoms with E-state index in [1.807, 2.05) is 25.1 Å². The number of nitrogens with zero attached hydrogens (tertiary/aromatic N) is 1. The normalized spacial score (nSPS) is 10.8. The molecule has 1 amide bonds. The summed E-state index contributed by atoms with van der Waals surface area (Å²) in [4.78, 5) is 16.5. The fraction of sp³-hybridized carbons (Fsp3) is 0.0667. The zero-order valence-corrected chi connectivity index (χ0v) is 13.5. The van der Waals surface area contributed by atoms with Gasteiger partial charge in [-0.3, -0.25) is 10.1 Å². The van der Waals surface area contributed by atoms with Crippen molar-refractivity contribution in [3.63, 3.8) is 0 Å². The molecule has 1 heterocycles. The fourth-order valence-electron chi connectivity index (χ4n) is 1.95. The molecular formula is C15H11BrN2O2S. The van der Waals surface area contributed by atoms with Crippen molar-refractivity contribution in [1.82, 2.24) is 4.98 Å². The largest absolute Gasteiger partial charge is 0.507 e. The minimum absolute atomic E-state index is 0.0312. The Hall–Kier alpha value is -1.92. The minimum Gasteiger partial charge on any atom is -0.507 e. The van der Waals surface area contributed by atoms with Crippen molar-refractivity contribution in [2.75, 3.05) is 5.32 Å². The molecule has 2 N–H and O–H groups in total. The third kappa shape index (κ3) is 2.91. The number of phenolic OH excluding ortho intramolecular Hbond substituents is 1. The molecule has 0 saturated heterocycles. The summed E-state index contributed by atoms with van der Waals surface area (Å²) >= 11 is 4.79. The SMILES string of the molecule is Cc1ccc(C(=O)Nc2nc3ccc(Br)cc3s2)c(O)c1. The molecule has 0 fully saturated rings. The van der Waals surface area contributed by atoms with Gasteiger partial charge >= 0.3 is 0 Å². The van der Waals surface area contributed by atoms with Crippen LogP contribution in [0.25, 0.3) is 10.2 Å². The van der Waals surface area contributed by atoms with Gasteiger partial charge in [-0.15, -0.1) is 0 Å². The Morgan fingerprint density at radius 3 is 2.86 bits per heavy atom. The molecule has 3 rings (SSSR count). The van der Waals surface area contributed by atoms with Gasteiger partial charge < -0.3 is 5.11 Å². The van der Waals surface area contributed by atoms with Crippen LogP contribution in [0.5, 0.6) is 5.75 Å². The van der Waals surface area contributed by atoms with E-state index in [1.54, 1.807) is 18.2 Å². The molecule has 4 nitrogen and oxygen atoms in total. The summed E-state index contributed by atoms with van der Waals surface area (Å²) in [5, 5.41) is 13.1. The van der Waals surface area contributed by atoms with Gasteiger partial charge in [0.25, 0.3) is 5.91 Å². The maximum Gasteiger partial charge on any atom is 0.261 e. The summed E-state index contributed by atoms with van der Waals surface area (Å²) in [7, 11) is 0. The molecule has 0 radical (unpaired) electrons. The number of phenols is 1. The molecule has 106 valence electrons. The molecule has 0 aliphatic heterocycles. The highest BCUT2D eigenvalue weighted by Gasteiger charge is 2.13. The van der Waals surface area contributed by atoms with Crippen LogP contribution in [0, 0.1) is 6.92 Å². The van der Waals surface area contributed by atoms with E-state index in [2.05, 4.69) is 26.2 Å². The van der Waals surface area contributed by atoms with E-state index in [1.165, 1.54) is 11.3 Å². The predicted molar refractivity (Wildman–Crippen MR) is 88.1 cm³/mol. The Kier molecular flexibility index (Phi) is 3.65. The van der Waals surface area contributed by atoms with Gasteiger partial charge in [-0.1, -0.05) is 33.3 Å². The van der Waals surface area contributed by atoms with E-state index in [0.717, 1.165) is 20.3 Å². The molecule has 0 unspecified atom stereocenters. The Morgan fingerprint density at radius 1 is 1.29 bits per heavy atom. The Balaban J connectivity index is 1.89. The smallest absolute Gasteiger partial charge is 0.261 e. The Bertz CT molecular complexity index is 845. The molecule has 0 atom stereocenters. The van der Waals surface area contributed by atoms with Gasteiger partial charge in [0.1, 0.15) is 5.75 Å². The number of rotatable bonds is 2. The fourth-order valence-corrected chi connectivity index (χ4v) is 3.36. The Morgan fingerprint density at radius 2 is 2.10 bits per heavy atom. The zero-order valence-electron chi connectivity index (χ0n) is 11.1. The molecule has 6 heteroatoms. The second-order valence-electron chi connectivity index (χ2n) is 4.61. The highest BCUT2D eigenvalue weighted by molar-refractivity contribution is 9.10. The number of fused-ring (bicyclic) bond motifs is 1. The van der Waals surface area contributed by atoms with Crippen LogP contribution < -0.4 is 5.32 Å². The quantitative estimate of drug-likeness (QED) is 0.713. The van der Waals surface area contributed by atoms with Crippen LogP contribution in [0.1, 0.15) is 15.9 Å². The van der Waals surface area contributed by atoms with E-state index in [0.29, 0.717) is 5.13 Å². The first-order valence-corrected chi connectivity index (χ1v) is 7.81. The van der Waals surface area contributed by atoms with Gasteiger partial charge in [0.05, 0.1) is 15.8 Å². The van der Waals surface area contributed by atoms with Gasteiger partial charge in [-0.05, 0) is 42.8 Å². The summed E-state index contributed by atoms with van der Waals surface area (Å²) in [6.07, 6.45) is 0. The number of hydrogen-bond acceptors (Lipinski definition) is 4. The summed E-state index contributed by atoms with van der Waals surface area (Å²) in [6, 6.07) is 10.7. The monoisotopic (exact) mass is 362 g/mol. The molecular weight excluding hydrogens is 352 g/mol. The number of anilines is 1. The van der Waals surface area contributed by atoms with Gasteiger partial charge in [-0.25, -0.2) is 4.98 Å². The van der Waals surface area contributed by atoms with Gasteiger partial charge in [0.2, 0.25) is 0 Å². The molecule has 0 bridgehead atoms. The second-order valence-corrected chi connectivity index (χ2v) is 6.55. The number of thiazole rings is 1. The van der Waals surface area contributed by atoms with E-state index >= 15 is 0 Å². The molecule has 0 spiro atoms. The third-order valence-electron chi connectivity index (χ3n) is 2.97. The van der Waals surface area contributed by atoms with Gasteiger partial charge in [-0.2, -0.15) is 0 Å². The standard InChI is InChI=1S/C15H11BrN2O2S/c1-8-2-4-10(12(19)6-8)14(20)18-15-17-11-5-3-9(16)7-13(11)21-15/h2-7,19H,1H3,(H,17,18,20). The lowest BCUT2D eigenvalue weighted by Crippen LogP contribution is -2.11. The van der Waals surface area contributed by atoms with E-state index in [9.17, 15) is 9.90 Å². The lowest BCUT2D eigenvalue weighted by Gasteiger charge is -2.04. The van der Waals surface area contributed by atoms with E-state index < -0.39 is 0 Å². The molecule has 0 aliphatic rings. The van der Waals surface area contributed by atoms with E-state index in [4.69, 9.17) is 0 Å². The number of nitrogens with one attached hydrogen (secondary N) is 1. The number of aromatic nitrogens is 1. The average Bonchev–Trinajstić information content (AvgIpc) is 2.79. The van der Waals surface area contributed by atoms with Crippen molar-refractivity contribution in [3.05, 3.63) is 52.0 Å². The summed E-state index contributed by atoms with van der Waals surface area (Å²) in [5.41, 5.74) is 1.96. The average molecular weight is 363 g/mol. The van der Waals surface area contributed by atoms with Crippen LogP contribution in [0.4, 0.5) is 5.13 Å². The summed E-state index contributed by atoms with van der Waals surface area (Å²) in [6.45, 7) is 1.85. The number of carbonyl (C=O) groups is 1. The minimum atomic E-state index is -0.370. The van der Waals surface area contributed by atoms with Crippen molar-refractivity contribution in [1.29, 1.82) is 0 Å². The number of halogens is 1. The topological polar surface area (TPSA) is 62.2 Å². The number of benzene rings is 2. The molecule has 0 saturated carbocycles. The van der Waals surface area contributed by atoms with Crippen molar-refractivity contribution >= 4 is 48.5 Å². The highest BCUT2D eigenvalue weighted by atomic mass is 79.9. The van der Waals surface area contributed by atoms with Crippen LogP contribution >= 0.6 is 27.3 Å². The van der Waals surface area contributed by atoms with E-state index in [-0.39, 0.29) is 17.2 Å². The number of aromatic hydroxyl groups is 1. The lowest BCUT2D eigenvalue weighted by molar-refractivity contribution is 0.102. The summed E-state index contributed by atoms with van der Waals surface area (Å²) < 4.78 is 1.94. The van der Waals surface area contributed by atoms with Gasteiger partial charge in [0.15, 0.2) is 5.13 Å². The Labute approximate surface area is 133 Å². The van der Waals surface area contributed by atoms with Crippen molar-refractivity contribution in [2.24, 2.45) is 0 Å². The zero-order chi connectivity index (χ0) is 15.0.